The topological polar surface area (TPSA) is 67.0 Å². The molecule has 31 heavy (non-hydrogen) atoms. The van der Waals surface area contributed by atoms with Crippen molar-refractivity contribution in [1.29, 1.82) is 0 Å². The van der Waals surface area contributed by atoms with Crippen LogP contribution in [0.15, 0.2) is 72.9 Å². The summed E-state index contributed by atoms with van der Waals surface area (Å²) in [6, 6.07) is 22.5. The van der Waals surface area contributed by atoms with Crippen molar-refractivity contribution in [3.8, 4) is 5.75 Å². The van der Waals surface area contributed by atoms with Crippen molar-refractivity contribution in [3.05, 3.63) is 89.6 Å². The molecule has 1 aliphatic carbocycles. The molecule has 3 aromatic carbocycles. The summed E-state index contributed by atoms with van der Waals surface area (Å²) >= 11 is 0. The van der Waals surface area contributed by atoms with E-state index in [4.69, 9.17) is 4.74 Å². The predicted octanol–water partition coefficient (Wildman–Crippen LogP) is 5.41. The summed E-state index contributed by atoms with van der Waals surface area (Å²) in [7, 11) is 1.70. The Balaban J connectivity index is 1.25. The van der Waals surface area contributed by atoms with Gasteiger partial charge in [0, 0.05) is 5.56 Å². The number of aromatic amines is 1. The smallest absolute Gasteiger partial charge is 0.229 e. The van der Waals surface area contributed by atoms with Crippen molar-refractivity contribution in [2.75, 3.05) is 12.4 Å². The molecular weight excluding hydrogens is 386 g/mol. The molecule has 5 rings (SSSR count). The number of hydrogen-bond donors (Lipinski definition) is 2. The normalized spacial score (nSPS) is 17.8. The zero-order valence-electron chi connectivity index (χ0n) is 17.5. The summed E-state index contributed by atoms with van der Waals surface area (Å²) < 4.78 is 5.35. The Morgan fingerprint density at radius 3 is 2.74 bits per heavy atom. The Bertz CT molecular complexity index is 1220. The van der Waals surface area contributed by atoms with Gasteiger partial charge in [-0.25, -0.2) is 0 Å². The van der Waals surface area contributed by atoms with Gasteiger partial charge in [0.05, 0.1) is 19.7 Å². The van der Waals surface area contributed by atoms with Crippen LogP contribution in [0, 0.1) is 0 Å². The highest BCUT2D eigenvalue weighted by atomic mass is 16.5. The highest BCUT2D eigenvalue weighted by molar-refractivity contribution is 5.96. The van der Waals surface area contributed by atoms with E-state index >= 15 is 0 Å². The lowest BCUT2D eigenvalue weighted by atomic mass is 9.69. The number of hydrogen-bond acceptors (Lipinski definition) is 3. The summed E-state index contributed by atoms with van der Waals surface area (Å²) in [5.41, 5.74) is 3.42. The minimum absolute atomic E-state index is 0.0366. The number of methoxy groups -OCH3 is 1. The average molecular weight is 412 g/mol. The molecule has 0 bridgehead atoms. The first kappa shape index (κ1) is 19.4. The van der Waals surface area contributed by atoms with E-state index in [1.54, 1.807) is 7.11 Å². The van der Waals surface area contributed by atoms with Gasteiger partial charge in [-0.2, -0.15) is 5.10 Å². The van der Waals surface area contributed by atoms with E-state index in [1.807, 2.05) is 42.6 Å². The first-order chi connectivity index (χ1) is 15.2. The number of aromatic nitrogens is 2. The zero-order chi connectivity index (χ0) is 21.2. The van der Waals surface area contributed by atoms with Crippen molar-refractivity contribution in [3.63, 3.8) is 0 Å². The fraction of sp³-hybridized carbons (Fsp3) is 0.231. The number of nitrogens with one attached hydrogen (secondary N) is 2. The van der Waals surface area contributed by atoms with E-state index in [0.717, 1.165) is 46.3 Å². The molecule has 0 aliphatic heterocycles. The minimum Gasteiger partial charge on any atom is -0.497 e. The minimum atomic E-state index is -0.0366. The Hall–Kier alpha value is -3.60. The average Bonchev–Trinajstić information content (AvgIpc) is 3.20. The van der Waals surface area contributed by atoms with E-state index in [1.165, 1.54) is 5.56 Å². The van der Waals surface area contributed by atoms with Crippen LogP contribution < -0.4 is 10.1 Å². The number of nitrogens with zero attached hydrogens (tertiary/aromatic N) is 1. The highest BCUT2D eigenvalue weighted by Gasteiger charge is 2.34. The maximum Gasteiger partial charge on any atom is 0.229 e. The monoisotopic (exact) mass is 411 g/mol. The van der Waals surface area contributed by atoms with Crippen molar-refractivity contribution in [1.82, 2.24) is 10.2 Å². The van der Waals surface area contributed by atoms with E-state index in [0.29, 0.717) is 18.3 Å². The predicted molar refractivity (Wildman–Crippen MR) is 123 cm³/mol. The molecule has 1 fully saturated rings. The molecule has 0 saturated heterocycles. The molecule has 0 spiro atoms. The number of carbonyl (C=O) groups excluding carboxylic acids is 1. The van der Waals surface area contributed by atoms with Crippen molar-refractivity contribution in [2.24, 2.45) is 0 Å². The van der Waals surface area contributed by atoms with Gasteiger partial charge in [-0.15, -0.1) is 0 Å². The number of carbonyl (C=O) groups is 1. The Labute approximate surface area is 181 Å². The van der Waals surface area contributed by atoms with Crippen molar-refractivity contribution >= 4 is 22.5 Å². The third-order valence-corrected chi connectivity index (χ3v) is 6.31. The maximum atomic E-state index is 12.8. The van der Waals surface area contributed by atoms with Gasteiger partial charge in [-0.05, 0) is 58.7 Å². The molecule has 1 heterocycles. The largest absolute Gasteiger partial charge is 0.497 e. The molecule has 0 radical (unpaired) electrons. The first-order valence-electron chi connectivity index (χ1n) is 10.6. The molecule has 5 heteroatoms. The first-order valence-corrected chi connectivity index (χ1v) is 10.6. The SMILES string of the molecule is COc1cccc(C2CC(c3cn[nH]c3NC(=O)Cc3cccc4ccccc34)C2)c1. The molecule has 0 atom stereocenters. The fourth-order valence-electron chi connectivity index (χ4n) is 4.55. The molecule has 5 nitrogen and oxygen atoms in total. The van der Waals surface area contributed by atoms with Gasteiger partial charge >= 0.3 is 0 Å². The summed E-state index contributed by atoms with van der Waals surface area (Å²) in [5.74, 6) is 2.48. The van der Waals surface area contributed by atoms with Crippen LogP contribution in [0.1, 0.15) is 41.4 Å². The quantitative estimate of drug-likeness (QED) is 0.446. The summed E-state index contributed by atoms with van der Waals surface area (Å²) in [4.78, 5) is 12.8. The summed E-state index contributed by atoms with van der Waals surface area (Å²) in [6.45, 7) is 0. The molecule has 156 valence electrons. The number of anilines is 1. The maximum absolute atomic E-state index is 12.8. The fourth-order valence-corrected chi connectivity index (χ4v) is 4.55. The van der Waals surface area contributed by atoms with Crippen LogP contribution in [0.25, 0.3) is 10.8 Å². The van der Waals surface area contributed by atoms with Crippen LogP contribution in [0.3, 0.4) is 0 Å². The molecule has 1 aliphatic rings. The number of amides is 1. The van der Waals surface area contributed by atoms with Crippen LogP contribution in [-0.4, -0.2) is 23.2 Å². The van der Waals surface area contributed by atoms with Gasteiger partial charge < -0.3 is 10.1 Å². The Morgan fingerprint density at radius 2 is 1.87 bits per heavy atom. The zero-order valence-corrected chi connectivity index (χ0v) is 17.5. The molecular formula is C26H25N3O2. The molecule has 0 unspecified atom stereocenters. The second kappa shape index (κ2) is 8.26. The van der Waals surface area contributed by atoms with Crippen LogP contribution in [0.2, 0.25) is 0 Å². The second-order valence-corrected chi connectivity index (χ2v) is 8.21. The van der Waals surface area contributed by atoms with Crippen LogP contribution in [-0.2, 0) is 11.2 Å². The van der Waals surface area contributed by atoms with E-state index in [9.17, 15) is 4.79 Å². The molecule has 4 aromatic rings. The third-order valence-electron chi connectivity index (χ3n) is 6.31. The van der Waals surface area contributed by atoms with Gasteiger partial charge in [-0.1, -0.05) is 54.6 Å². The van der Waals surface area contributed by atoms with E-state index < -0.39 is 0 Å². The van der Waals surface area contributed by atoms with Crippen LogP contribution in [0.4, 0.5) is 5.82 Å². The van der Waals surface area contributed by atoms with Crippen LogP contribution in [0.5, 0.6) is 5.75 Å². The number of ether oxygens (including phenoxy) is 1. The standard InChI is InChI=1S/C26H25N3O2/c1-31-22-10-5-8-18(14-22)20-12-21(13-20)24-16-27-29-26(24)28-25(30)15-19-9-4-7-17-6-2-3-11-23(17)19/h2-11,14,16,20-21H,12-13,15H2,1H3,(H2,27,28,29,30). The number of rotatable bonds is 6. The Kier molecular flexibility index (Phi) is 5.16. The number of benzene rings is 3. The molecule has 1 saturated carbocycles. The summed E-state index contributed by atoms with van der Waals surface area (Å²) in [5, 5.41) is 12.5. The lowest BCUT2D eigenvalue weighted by molar-refractivity contribution is -0.115. The van der Waals surface area contributed by atoms with Crippen molar-refractivity contribution < 1.29 is 9.53 Å². The Morgan fingerprint density at radius 1 is 1.06 bits per heavy atom. The second-order valence-electron chi connectivity index (χ2n) is 8.21. The van der Waals surface area contributed by atoms with Crippen LogP contribution >= 0.6 is 0 Å². The van der Waals surface area contributed by atoms with Gasteiger partial charge in [0.2, 0.25) is 5.91 Å². The van der Waals surface area contributed by atoms with Gasteiger partial charge in [0.1, 0.15) is 11.6 Å². The lowest BCUT2D eigenvalue weighted by Crippen LogP contribution is -2.22. The van der Waals surface area contributed by atoms with E-state index in [2.05, 4.69) is 45.8 Å². The third kappa shape index (κ3) is 3.91. The summed E-state index contributed by atoms with van der Waals surface area (Å²) in [6.07, 6.45) is 4.26. The van der Waals surface area contributed by atoms with Crippen molar-refractivity contribution in [2.45, 2.75) is 31.1 Å². The highest BCUT2D eigenvalue weighted by Crippen LogP contribution is 2.49. The molecule has 1 amide bonds. The molecule has 1 aromatic heterocycles. The lowest BCUT2D eigenvalue weighted by Gasteiger charge is -2.35. The van der Waals surface area contributed by atoms with Gasteiger partial charge in [0.15, 0.2) is 0 Å². The van der Waals surface area contributed by atoms with Gasteiger partial charge in [0.25, 0.3) is 0 Å². The number of H-pyrrole nitrogens is 1. The van der Waals surface area contributed by atoms with E-state index in [-0.39, 0.29) is 5.91 Å². The van der Waals surface area contributed by atoms with Gasteiger partial charge in [-0.3, -0.25) is 9.89 Å². The molecule has 2 N–H and O–H groups in total. The number of fused-ring (bicyclic) bond motifs is 1.